The van der Waals surface area contributed by atoms with E-state index in [1.807, 2.05) is 0 Å². The standard InChI is InChI=1S/C20H22N4O4S2/c1-20(2,3)14-9-21-16(28-14)11-29-17-10-22-19(30-17)23-15(25)8-12-4-6-13(7-5-12)18(26)24-27/h4-7,9-10,27H,8,11H2,1-3H3,(H,24,26)(H,22,23,25). The largest absolute Gasteiger partial charge is 0.444 e. The molecule has 3 aromatic rings. The zero-order valence-electron chi connectivity index (χ0n) is 16.8. The van der Waals surface area contributed by atoms with Crippen molar-refractivity contribution in [3.8, 4) is 0 Å². The highest BCUT2D eigenvalue weighted by Gasteiger charge is 2.19. The molecule has 0 saturated carbocycles. The molecule has 2 amide bonds. The summed E-state index contributed by atoms with van der Waals surface area (Å²) in [6, 6.07) is 6.41. The quantitative estimate of drug-likeness (QED) is 0.285. The number of hydroxylamine groups is 1. The first-order valence-corrected chi connectivity index (χ1v) is 10.9. The number of carbonyl (C=O) groups excluding carboxylic acids is 2. The number of carbonyl (C=O) groups is 2. The van der Waals surface area contributed by atoms with Gasteiger partial charge < -0.3 is 9.73 Å². The van der Waals surface area contributed by atoms with Gasteiger partial charge >= 0.3 is 0 Å². The lowest BCUT2D eigenvalue weighted by atomic mass is 9.94. The van der Waals surface area contributed by atoms with Crippen LogP contribution < -0.4 is 10.8 Å². The molecule has 0 aliphatic carbocycles. The molecule has 10 heteroatoms. The number of aromatic nitrogens is 2. The maximum Gasteiger partial charge on any atom is 0.274 e. The second-order valence-corrected chi connectivity index (χ2v) is 9.81. The number of amides is 2. The molecule has 8 nitrogen and oxygen atoms in total. The monoisotopic (exact) mass is 446 g/mol. The van der Waals surface area contributed by atoms with Crippen molar-refractivity contribution in [3.63, 3.8) is 0 Å². The van der Waals surface area contributed by atoms with Crippen molar-refractivity contribution in [1.82, 2.24) is 15.4 Å². The van der Waals surface area contributed by atoms with Crippen molar-refractivity contribution in [2.75, 3.05) is 5.32 Å². The summed E-state index contributed by atoms with van der Waals surface area (Å²) < 4.78 is 6.73. The van der Waals surface area contributed by atoms with E-state index in [-0.39, 0.29) is 17.7 Å². The number of hydrogen-bond donors (Lipinski definition) is 3. The number of nitrogens with one attached hydrogen (secondary N) is 2. The van der Waals surface area contributed by atoms with Gasteiger partial charge in [-0.15, -0.1) is 11.8 Å². The fourth-order valence-electron chi connectivity index (χ4n) is 2.43. The van der Waals surface area contributed by atoms with Crippen LogP contribution in [0.25, 0.3) is 0 Å². The van der Waals surface area contributed by atoms with Crippen LogP contribution in [0.1, 0.15) is 48.3 Å². The van der Waals surface area contributed by atoms with Gasteiger partial charge in [0.1, 0.15) is 5.76 Å². The lowest BCUT2D eigenvalue weighted by Gasteiger charge is -2.12. The number of thioether (sulfide) groups is 1. The number of oxazole rings is 1. The van der Waals surface area contributed by atoms with E-state index in [2.05, 4.69) is 36.1 Å². The fraction of sp³-hybridized carbons (Fsp3) is 0.300. The summed E-state index contributed by atoms with van der Waals surface area (Å²) in [5, 5.41) is 11.9. The molecule has 0 fully saturated rings. The van der Waals surface area contributed by atoms with Crippen LogP contribution in [0.5, 0.6) is 0 Å². The van der Waals surface area contributed by atoms with Crippen LogP contribution in [0.4, 0.5) is 5.13 Å². The molecule has 158 valence electrons. The maximum atomic E-state index is 12.2. The number of hydrogen-bond acceptors (Lipinski definition) is 8. The molecule has 0 saturated heterocycles. The van der Waals surface area contributed by atoms with Crippen molar-refractivity contribution < 1.29 is 19.2 Å². The van der Waals surface area contributed by atoms with E-state index in [1.165, 1.54) is 11.3 Å². The average Bonchev–Trinajstić information content (AvgIpc) is 3.35. The van der Waals surface area contributed by atoms with Crippen LogP contribution in [-0.2, 0) is 22.4 Å². The smallest absolute Gasteiger partial charge is 0.274 e. The van der Waals surface area contributed by atoms with E-state index in [0.29, 0.717) is 22.3 Å². The third-order valence-electron chi connectivity index (χ3n) is 4.04. The molecule has 0 radical (unpaired) electrons. The Morgan fingerprint density at radius 2 is 1.90 bits per heavy atom. The van der Waals surface area contributed by atoms with E-state index >= 15 is 0 Å². The van der Waals surface area contributed by atoms with Gasteiger partial charge in [-0.3, -0.25) is 14.8 Å². The first-order valence-electron chi connectivity index (χ1n) is 9.11. The Labute approximate surface area is 182 Å². The summed E-state index contributed by atoms with van der Waals surface area (Å²) >= 11 is 2.93. The van der Waals surface area contributed by atoms with Gasteiger partial charge in [0.2, 0.25) is 11.8 Å². The number of anilines is 1. The molecule has 0 atom stereocenters. The van der Waals surface area contributed by atoms with Crippen LogP contribution in [0.15, 0.2) is 45.3 Å². The molecule has 3 N–H and O–H groups in total. The highest BCUT2D eigenvalue weighted by Crippen LogP contribution is 2.31. The van der Waals surface area contributed by atoms with E-state index in [9.17, 15) is 9.59 Å². The van der Waals surface area contributed by atoms with Crippen LogP contribution in [0, 0.1) is 0 Å². The lowest BCUT2D eigenvalue weighted by Crippen LogP contribution is -2.18. The number of nitrogens with zero attached hydrogens (tertiary/aromatic N) is 2. The minimum atomic E-state index is -0.599. The molecular weight excluding hydrogens is 424 g/mol. The number of benzene rings is 1. The average molecular weight is 447 g/mol. The first kappa shape index (κ1) is 22.0. The molecule has 3 rings (SSSR count). The summed E-state index contributed by atoms with van der Waals surface area (Å²) in [4.78, 5) is 32.1. The van der Waals surface area contributed by atoms with Gasteiger partial charge in [-0.25, -0.2) is 15.4 Å². The Bertz CT molecular complexity index is 1020. The molecule has 0 spiro atoms. The third kappa shape index (κ3) is 5.91. The highest BCUT2D eigenvalue weighted by molar-refractivity contribution is 8.00. The Morgan fingerprint density at radius 1 is 1.17 bits per heavy atom. The molecular formula is C20H22N4O4S2. The van der Waals surface area contributed by atoms with E-state index in [4.69, 9.17) is 9.62 Å². The predicted molar refractivity (Wildman–Crippen MR) is 115 cm³/mol. The van der Waals surface area contributed by atoms with Crippen molar-refractivity contribution in [1.29, 1.82) is 0 Å². The van der Waals surface area contributed by atoms with Crippen molar-refractivity contribution in [2.24, 2.45) is 0 Å². The van der Waals surface area contributed by atoms with Crippen LogP contribution in [-0.4, -0.2) is 27.0 Å². The second kappa shape index (κ2) is 9.41. The van der Waals surface area contributed by atoms with Crippen LogP contribution in [0.3, 0.4) is 0 Å². The highest BCUT2D eigenvalue weighted by atomic mass is 32.2. The van der Waals surface area contributed by atoms with Crippen LogP contribution in [0.2, 0.25) is 0 Å². The topological polar surface area (TPSA) is 117 Å². The van der Waals surface area contributed by atoms with Crippen LogP contribution >= 0.6 is 23.1 Å². The van der Waals surface area contributed by atoms with Gasteiger partial charge in [-0.05, 0) is 17.7 Å². The molecule has 2 aromatic heterocycles. The van der Waals surface area contributed by atoms with Gasteiger partial charge in [0.25, 0.3) is 5.91 Å². The SMILES string of the molecule is CC(C)(C)c1cnc(CSc2cnc(NC(=O)Cc3ccc(C(=O)NO)cc3)s2)o1. The van der Waals surface area contributed by atoms with Crippen molar-refractivity contribution in [3.05, 3.63) is 59.4 Å². The molecule has 0 bridgehead atoms. The first-order chi connectivity index (χ1) is 14.2. The molecule has 30 heavy (non-hydrogen) atoms. The maximum absolute atomic E-state index is 12.2. The molecule has 0 unspecified atom stereocenters. The second-order valence-electron chi connectivity index (χ2n) is 7.50. The number of rotatable bonds is 7. The van der Waals surface area contributed by atoms with Gasteiger partial charge in [0, 0.05) is 11.0 Å². The predicted octanol–water partition coefficient (Wildman–Crippen LogP) is 4.02. The summed E-state index contributed by atoms with van der Waals surface area (Å²) in [5.74, 6) is 1.28. The van der Waals surface area contributed by atoms with Crippen molar-refractivity contribution >= 4 is 40.0 Å². The minimum Gasteiger partial charge on any atom is -0.444 e. The van der Waals surface area contributed by atoms with E-state index in [1.54, 1.807) is 53.9 Å². The Kier molecular flexibility index (Phi) is 6.91. The summed E-state index contributed by atoms with van der Waals surface area (Å²) in [7, 11) is 0. The fourth-order valence-corrected chi connectivity index (χ4v) is 4.17. The van der Waals surface area contributed by atoms with E-state index in [0.717, 1.165) is 15.5 Å². The Morgan fingerprint density at radius 3 is 2.53 bits per heavy atom. The lowest BCUT2D eigenvalue weighted by molar-refractivity contribution is -0.115. The van der Waals surface area contributed by atoms with Gasteiger partial charge in [0.15, 0.2) is 5.13 Å². The minimum absolute atomic E-state index is 0.0799. The van der Waals surface area contributed by atoms with Crippen molar-refractivity contribution in [2.45, 2.75) is 42.6 Å². The van der Waals surface area contributed by atoms with Gasteiger partial charge in [-0.2, -0.15) is 0 Å². The normalized spacial score (nSPS) is 11.3. The van der Waals surface area contributed by atoms with Gasteiger partial charge in [-0.1, -0.05) is 44.2 Å². The molecule has 0 aliphatic heterocycles. The zero-order valence-corrected chi connectivity index (χ0v) is 18.4. The number of thiazole rings is 1. The molecule has 0 aliphatic rings. The zero-order chi connectivity index (χ0) is 21.7. The molecule has 2 heterocycles. The third-order valence-corrected chi connectivity index (χ3v) is 6.14. The van der Waals surface area contributed by atoms with Gasteiger partial charge in [0.05, 0.1) is 28.8 Å². The summed E-state index contributed by atoms with van der Waals surface area (Å²) in [5.41, 5.74) is 2.54. The summed E-state index contributed by atoms with van der Waals surface area (Å²) in [6.45, 7) is 6.22. The Hall–Kier alpha value is -2.69. The molecule has 1 aromatic carbocycles. The summed E-state index contributed by atoms with van der Waals surface area (Å²) in [6.07, 6.45) is 3.62. The Balaban J connectivity index is 1.50. The van der Waals surface area contributed by atoms with E-state index < -0.39 is 5.91 Å².